The number of thiophene rings is 1. The van der Waals surface area contributed by atoms with Gasteiger partial charge in [0.05, 0.1) is 6.61 Å². The minimum absolute atomic E-state index is 0. The van der Waals surface area contributed by atoms with Gasteiger partial charge in [0.15, 0.2) is 0 Å². The van der Waals surface area contributed by atoms with Crippen LogP contribution >= 0.6 is 23.7 Å². The summed E-state index contributed by atoms with van der Waals surface area (Å²) in [5.41, 5.74) is 0. The third kappa shape index (κ3) is 5.48. The molecule has 1 fully saturated rings. The molecular formula is C13H21ClN2O2S. The molecule has 2 unspecified atom stereocenters. The molecule has 2 atom stereocenters. The summed E-state index contributed by atoms with van der Waals surface area (Å²) in [6.07, 6.45) is 0.689. The fourth-order valence-electron chi connectivity index (χ4n) is 1.97. The van der Waals surface area contributed by atoms with Crippen molar-refractivity contribution in [2.24, 2.45) is 5.92 Å². The van der Waals surface area contributed by atoms with Crippen LogP contribution in [0.4, 0.5) is 0 Å². The van der Waals surface area contributed by atoms with E-state index in [-0.39, 0.29) is 24.4 Å². The van der Waals surface area contributed by atoms with Crippen molar-refractivity contribution in [1.29, 1.82) is 0 Å². The summed E-state index contributed by atoms with van der Waals surface area (Å²) in [7, 11) is 0. The number of carbonyl (C=O) groups excluding carboxylic acids is 1. The third-order valence-electron chi connectivity index (χ3n) is 2.97. The molecule has 19 heavy (non-hydrogen) atoms. The van der Waals surface area contributed by atoms with E-state index in [1.807, 2.05) is 0 Å². The second-order valence-corrected chi connectivity index (χ2v) is 5.73. The van der Waals surface area contributed by atoms with Crippen molar-refractivity contribution < 1.29 is 9.53 Å². The van der Waals surface area contributed by atoms with Gasteiger partial charge in [-0.05, 0) is 23.8 Å². The highest BCUT2D eigenvalue weighted by Gasteiger charge is 2.21. The number of halogens is 1. The fraction of sp³-hybridized carbons (Fsp3) is 0.615. The van der Waals surface area contributed by atoms with Crippen LogP contribution in [0, 0.1) is 5.92 Å². The number of rotatable bonds is 5. The molecule has 0 radical (unpaired) electrons. The normalized spacial score (nSPS) is 20.4. The van der Waals surface area contributed by atoms with Gasteiger partial charge in [0.1, 0.15) is 6.10 Å². The first-order chi connectivity index (χ1) is 8.75. The molecule has 2 N–H and O–H groups in total. The Hall–Kier alpha value is -0.620. The second kappa shape index (κ2) is 8.53. The number of hydrogen-bond donors (Lipinski definition) is 2. The second-order valence-electron chi connectivity index (χ2n) is 4.70. The van der Waals surface area contributed by atoms with Crippen LogP contribution in [0.5, 0.6) is 0 Å². The van der Waals surface area contributed by atoms with E-state index in [4.69, 9.17) is 4.74 Å². The lowest BCUT2D eigenvalue weighted by atomic mass is 10.1. The summed E-state index contributed by atoms with van der Waals surface area (Å²) in [5.74, 6) is 0.448. The highest BCUT2D eigenvalue weighted by atomic mass is 35.5. The van der Waals surface area contributed by atoms with Gasteiger partial charge in [-0.1, -0.05) is 13.0 Å². The van der Waals surface area contributed by atoms with Gasteiger partial charge in [0.2, 0.25) is 5.91 Å². The van der Waals surface area contributed by atoms with Gasteiger partial charge in [-0.3, -0.25) is 4.79 Å². The van der Waals surface area contributed by atoms with Gasteiger partial charge in [-0.2, -0.15) is 0 Å². The molecule has 1 aromatic heterocycles. The van der Waals surface area contributed by atoms with Crippen molar-refractivity contribution in [3.8, 4) is 0 Å². The highest BCUT2D eigenvalue weighted by molar-refractivity contribution is 7.09. The molecule has 2 heterocycles. The molecule has 1 aromatic rings. The predicted octanol–water partition coefficient (Wildman–Crippen LogP) is 1.45. The minimum atomic E-state index is -0.326. The number of hydrogen-bond acceptors (Lipinski definition) is 4. The molecule has 6 heteroatoms. The van der Waals surface area contributed by atoms with E-state index in [1.165, 1.54) is 4.88 Å². The summed E-state index contributed by atoms with van der Waals surface area (Å²) in [4.78, 5) is 13.2. The van der Waals surface area contributed by atoms with Gasteiger partial charge in [0.25, 0.3) is 0 Å². The van der Waals surface area contributed by atoms with E-state index in [9.17, 15) is 4.79 Å². The average Bonchev–Trinajstić information content (AvgIpc) is 2.90. The predicted molar refractivity (Wildman–Crippen MR) is 80.1 cm³/mol. The van der Waals surface area contributed by atoms with E-state index in [0.29, 0.717) is 25.6 Å². The molecule has 0 spiro atoms. The Morgan fingerprint density at radius 3 is 3.16 bits per heavy atom. The smallest absolute Gasteiger partial charge is 0.250 e. The Morgan fingerprint density at radius 2 is 2.53 bits per heavy atom. The topological polar surface area (TPSA) is 50.4 Å². The Balaban J connectivity index is 0.00000180. The van der Waals surface area contributed by atoms with E-state index in [0.717, 1.165) is 13.0 Å². The summed E-state index contributed by atoms with van der Waals surface area (Å²) in [6, 6.07) is 4.20. The van der Waals surface area contributed by atoms with Crippen molar-refractivity contribution >= 4 is 29.7 Å². The molecule has 1 saturated heterocycles. The van der Waals surface area contributed by atoms with Crippen LogP contribution in [0.2, 0.25) is 0 Å². The van der Waals surface area contributed by atoms with E-state index in [1.54, 1.807) is 11.3 Å². The lowest BCUT2D eigenvalue weighted by Gasteiger charge is -2.23. The highest BCUT2D eigenvalue weighted by Crippen LogP contribution is 2.13. The average molecular weight is 305 g/mol. The van der Waals surface area contributed by atoms with E-state index >= 15 is 0 Å². The maximum atomic E-state index is 11.8. The number of carbonyl (C=O) groups is 1. The first-order valence-corrected chi connectivity index (χ1v) is 7.26. The SMILES string of the molecule is CC(CNC(=O)C1CNCCO1)Cc1cccs1.Cl. The van der Waals surface area contributed by atoms with Crippen LogP contribution < -0.4 is 10.6 Å². The first-order valence-electron chi connectivity index (χ1n) is 6.38. The summed E-state index contributed by atoms with van der Waals surface area (Å²) in [6.45, 7) is 4.92. The largest absolute Gasteiger partial charge is 0.366 e. The summed E-state index contributed by atoms with van der Waals surface area (Å²) in [5, 5.41) is 8.21. The van der Waals surface area contributed by atoms with E-state index < -0.39 is 0 Å². The van der Waals surface area contributed by atoms with Crippen molar-refractivity contribution in [3.63, 3.8) is 0 Å². The van der Waals surface area contributed by atoms with Crippen LogP contribution in [0.15, 0.2) is 17.5 Å². The minimum Gasteiger partial charge on any atom is -0.366 e. The lowest BCUT2D eigenvalue weighted by molar-refractivity contribution is -0.134. The number of morpholine rings is 1. The van der Waals surface area contributed by atoms with Gasteiger partial charge in [0, 0.05) is 24.5 Å². The lowest BCUT2D eigenvalue weighted by Crippen LogP contribution is -2.48. The zero-order chi connectivity index (χ0) is 12.8. The van der Waals surface area contributed by atoms with Crippen molar-refractivity contribution in [3.05, 3.63) is 22.4 Å². The molecule has 2 rings (SSSR count). The number of amides is 1. The number of nitrogens with one attached hydrogen (secondary N) is 2. The zero-order valence-electron chi connectivity index (χ0n) is 11.1. The molecule has 4 nitrogen and oxygen atoms in total. The standard InChI is InChI=1S/C13H20N2O2S.ClH/c1-10(7-11-3-2-6-18-11)8-15-13(16)12-9-14-4-5-17-12;/h2-3,6,10,12,14H,4-5,7-9H2,1H3,(H,15,16);1H. The zero-order valence-corrected chi connectivity index (χ0v) is 12.7. The Labute approximate surface area is 124 Å². The van der Waals surface area contributed by atoms with E-state index in [2.05, 4.69) is 35.1 Å². The van der Waals surface area contributed by atoms with Crippen LogP contribution in [-0.2, 0) is 16.0 Å². The van der Waals surface area contributed by atoms with Gasteiger partial charge in [-0.15, -0.1) is 23.7 Å². The third-order valence-corrected chi connectivity index (χ3v) is 3.87. The maximum Gasteiger partial charge on any atom is 0.250 e. The van der Waals surface area contributed by atoms with Gasteiger partial charge in [-0.25, -0.2) is 0 Å². The molecule has 0 aromatic carbocycles. The van der Waals surface area contributed by atoms with Gasteiger partial charge < -0.3 is 15.4 Å². The molecule has 0 bridgehead atoms. The number of ether oxygens (including phenoxy) is 1. The first kappa shape index (κ1) is 16.4. The molecule has 108 valence electrons. The molecular weight excluding hydrogens is 284 g/mol. The van der Waals surface area contributed by atoms with Crippen LogP contribution in [0.25, 0.3) is 0 Å². The Kier molecular flexibility index (Phi) is 7.38. The molecule has 0 saturated carbocycles. The van der Waals surface area contributed by atoms with Crippen LogP contribution in [0.1, 0.15) is 11.8 Å². The maximum absolute atomic E-state index is 11.8. The van der Waals surface area contributed by atoms with Crippen molar-refractivity contribution in [2.45, 2.75) is 19.4 Å². The monoisotopic (exact) mass is 304 g/mol. The Bertz CT molecular complexity index is 367. The van der Waals surface area contributed by atoms with Crippen molar-refractivity contribution in [1.82, 2.24) is 10.6 Å². The summed E-state index contributed by atoms with van der Waals surface area (Å²) < 4.78 is 5.41. The Morgan fingerprint density at radius 1 is 1.68 bits per heavy atom. The van der Waals surface area contributed by atoms with Crippen LogP contribution in [-0.4, -0.2) is 38.3 Å². The quantitative estimate of drug-likeness (QED) is 0.866. The molecule has 1 aliphatic heterocycles. The molecule has 1 aliphatic rings. The molecule has 1 amide bonds. The van der Waals surface area contributed by atoms with Crippen LogP contribution in [0.3, 0.4) is 0 Å². The van der Waals surface area contributed by atoms with Gasteiger partial charge >= 0.3 is 0 Å². The van der Waals surface area contributed by atoms with Crippen molar-refractivity contribution in [2.75, 3.05) is 26.2 Å². The molecule has 0 aliphatic carbocycles. The fourth-order valence-corrected chi connectivity index (χ4v) is 2.84. The summed E-state index contributed by atoms with van der Waals surface area (Å²) >= 11 is 1.77.